The normalized spacial score (nSPS) is 19.1. The van der Waals surface area contributed by atoms with E-state index in [1.165, 1.54) is 18.4 Å². The summed E-state index contributed by atoms with van der Waals surface area (Å²) in [7, 11) is 3.71. The Kier molecular flexibility index (Phi) is 6.14. The molecule has 1 unspecified atom stereocenters. The van der Waals surface area contributed by atoms with Gasteiger partial charge >= 0.3 is 0 Å². The summed E-state index contributed by atoms with van der Waals surface area (Å²) in [5.41, 5.74) is 1.17. The van der Waals surface area contributed by atoms with Gasteiger partial charge in [-0.3, -0.25) is 9.59 Å². The standard InChI is InChI=1S/C20H29N3O3/c1-22-9-11-23(12-10-22)20(25)14-21-19(24)13-18(15-3-4-15)16-5-7-17(26-2)8-6-16/h5-8,15,18H,3-4,9-14H2,1-2H3,(H,21,24). The number of likely N-dealkylation sites (N-methyl/N-ethyl adjacent to an activating group) is 1. The van der Waals surface area contributed by atoms with Gasteiger partial charge in [0.25, 0.3) is 0 Å². The Morgan fingerprint density at radius 2 is 1.81 bits per heavy atom. The number of hydrogen-bond donors (Lipinski definition) is 1. The van der Waals surface area contributed by atoms with E-state index >= 15 is 0 Å². The third-order valence-electron chi connectivity index (χ3n) is 5.43. The molecule has 2 aliphatic rings. The minimum Gasteiger partial charge on any atom is -0.497 e. The second-order valence-corrected chi connectivity index (χ2v) is 7.38. The van der Waals surface area contributed by atoms with Crippen molar-refractivity contribution in [1.29, 1.82) is 0 Å². The third-order valence-corrected chi connectivity index (χ3v) is 5.43. The lowest BCUT2D eigenvalue weighted by molar-refractivity contribution is -0.134. The first-order valence-corrected chi connectivity index (χ1v) is 9.44. The lowest BCUT2D eigenvalue weighted by Gasteiger charge is -2.32. The van der Waals surface area contributed by atoms with Gasteiger partial charge in [-0.1, -0.05) is 12.1 Å². The van der Waals surface area contributed by atoms with Gasteiger partial charge in [0.2, 0.25) is 11.8 Å². The third kappa shape index (κ3) is 4.97. The molecule has 26 heavy (non-hydrogen) atoms. The van der Waals surface area contributed by atoms with E-state index in [0.717, 1.165) is 31.9 Å². The summed E-state index contributed by atoms with van der Waals surface area (Å²) in [5.74, 6) is 1.59. The van der Waals surface area contributed by atoms with Crippen LogP contribution in [0.15, 0.2) is 24.3 Å². The SMILES string of the molecule is COc1ccc(C(CC(=O)NCC(=O)N2CCN(C)CC2)C2CC2)cc1. The van der Waals surface area contributed by atoms with E-state index in [1.807, 2.05) is 29.2 Å². The van der Waals surface area contributed by atoms with Crippen LogP contribution in [0, 0.1) is 5.92 Å². The maximum absolute atomic E-state index is 12.4. The van der Waals surface area contributed by atoms with E-state index in [4.69, 9.17) is 4.74 Å². The second kappa shape index (κ2) is 8.54. The molecule has 0 aromatic heterocycles. The van der Waals surface area contributed by atoms with Gasteiger partial charge in [0.05, 0.1) is 13.7 Å². The molecule has 1 aromatic rings. The number of amides is 2. The van der Waals surface area contributed by atoms with Crippen LogP contribution in [-0.4, -0.2) is 68.5 Å². The van der Waals surface area contributed by atoms with Crippen molar-refractivity contribution in [3.05, 3.63) is 29.8 Å². The number of carbonyl (C=O) groups excluding carboxylic acids is 2. The molecular formula is C20H29N3O3. The van der Waals surface area contributed by atoms with E-state index in [1.54, 1.807) is 7.11 Å². The molecule has 1 saturated heterocycles. The van der Waals surface area contributed by atoms with Crippen LogP contribution in [0.4, 0.5) is 0 Å². The van der Waals surface area contributed by atoms with Crippen molar-refractivity contribution < 1.29 is 14.3 Å². The molecule has 0 radical (unpaired) electrons. The Hall–Kier alpha value is -2.08. The molecule has 142 valence electrons. The predicted molar refractivity (Wildman–Crippen MR) is 100 cm³/mol. The number of ether oxygens (including phenoxy) is 1. The zero-order valence-corrected chi connectivity index (χ0v) is 15.7. The number of rotatable bonds is 7. The summed E-state index contributed by atoms with van der Waals surface area (Å²) >= 11 is 0. The number of benzene rings is 1. The molecule has 1 aliphatic heterocycles. The van der Waals surface area contributed by atoms with Crippen molar-refractivity contribution in [2.24, 2.45) is 5.92 Å². The van der Waals surface area contributed by atoms with E-state index in [0.29, 0.717) is 12.3 Å². The zero-order chi connectivity index (χ0) is 18.5. The molecule has 1 saturated carbocycles. The molecule has 1 aromatic carbocycles. The Morgan fingerprint density at radius 3 is 2.38 bits per heavy atom. The average Bonchev–Trinajstić information content (AvgIpc) is 3.50. The summed E-state index contributed by atoms with van der Waals surface area (Å²) in [5, 5.41) is 2.83. The summed E-state index contributed by atoms with van der Waals surface area (Å²) in [6, 6.07) is 7.98. The first-order valence-electron chi connectivity index (χ1n) is 9.44. The first-order chi connectivity index (χ1) is 12.6. The summed E-state index contributed by atoms with van der Waals surface area (Å²) in [6.07, 6.45) is 2.78. The van der Waals surface area contributed by atoms with Gasteiger partial charge in [0.15, 0.2) is 0 Å². The van der Waals surface area contributed by atoms with Gasteiger partial charge in [-0.15, -0.1) is 0 Å². The second-order valence-electron chi connectivity index (χ2n) is 7.38. The molecule has 1 heterocycles. The summed E-state index contributed by atoms with van der Waals surface area (Å²) in [4.78, 5) is 28.7. The molecule has 3 rings (SSSR count). The van der Waals surface area contributed by atoms with Crippen LogP contribution in [0.25, 0.3) is 0 Å². The molecule has 2 amide bonds. The lowest BCUT2D eigenvalue weighted by atomic mass is 9.90. The Bertz CT molecular complexity index is 620. The smallest absolute Gasteiger partial charge is 0.242 e. The van der Waals surface area contributed by atoms with Crippen LogP contribution < -0.4 is 10.1 Å². The van der Waals surface area contributed by atoms with Gasteiger partial charge in [-0.2, -0.15) is 0 Å². The van der Waals surface area contributed by atoms with E-state index in [2.05, 4.69) is 17.3 Å². The molecule has 0 spiro atoms. The molecule has 1 N–H and O–H groups in total. The van der Waals surface area contributed by atoms with Gasteiger partial charge in [0.1, 0.15) is 5.75 Å². The van der Waals surface area contributed by atoms with Crippen LogP contribution >= 0.6 is 0 Å². The molecule has 6 heteroatoms. The highest BCUT2D eigenvalue weighted by Gasteiger charge is 2.33. The predicted octanol–water partition coefficient (Wildman–Crippen LogP) is 1.47. The highest BCUT2D eigenvalue weighted by Crippen LogP contribution is 2.44. The van der Waals surface area contributed by atoms with Gasteiger partial charge in [-0.25, -0.2) is 0 Å². The molecule has 6 nitrogen and oxygen atoms in total. The Morgan fingerprint density at radius 1 is 1.15 bits per heavy atom. The lowest BCUT2D eigenvalue weighted by Crippen LogP contribution is -2.50. The van der Waals surface area contributed by atoms with E-state index in [9.17, 15) is 9.59 Å². The van der Waals surface area contributed by atoms with E-state index < -0.39 is 0 Å². The molecule has 2 fully saturated rings. The zero-order valence-electron chi connectivity index (χ0n) is 15.7. The molecular weight excluding hydrogens is 330 g/mol. The van der Waals surface area contributed by atoms with Crippen molar-refractivity contribution >= 4 is 11.8 Å². The number of carbonyl (C=O) groups is 2. The van der Waals surface area contributed by atoms with Gasteiger partial charge in [0, 0.05) is 32.6 Å². The minimum absolute atomic E-state index is 0.0128. The Labute approximate surface area is 155 Å². The van der Waals surface area contributed by atoms with Crippen LogP contribution in [0.5, 0.6) is 5.75 Å². The number of nitrogens with one attached hydrogen (secondary N) is 1. The topological polar surface area (TPSA) is 61.9 Å². The Balaban J connectivity index is 1.49. The number of nitrogens with zero attached hydrogens (tertiary/aromatic N) is 2. The molecule has 1 atom stereocenters. The number of methoxy groups -OCH3 is 1. The largest absolute Gasteiger partial charge is 0.497 e. The van der Waals surface area contributed by atoms with Crippen molar-refractivity contribution in [3.8, 4) is 5.75 Å². The monoisotopic (exact) mass is 359 g/mol. The maximum atomic E-state index is 12.4. The van der Waals surface area contributed by atoms with Crippen molar-refractivity contribution in [2.75, 3.05) is 46.9 Å². The van der Waals surface area contributed by atoms with Crippen molar-refractivity contribution in [2.45, 2.75) is 25.2 Å². The quantitative estimate of drug-likeness (QED) is 0.801. The van der Waals surface area contributed by atoms with Crippen LogP contribution in [0.2, 0.25) is 0 Å². The average molecular weight is 359 g/mol. The van der Waals surface area contributed by atoms with Crippen molar-refractivity contribution in [1.82, 2.24) is 15.1 Å². The van der Waals surface area contributed by atoms with Crippen LogP contribution in [-0.2, 0) is 9.59 Å². The molecule has 0 bridgehead atoms. The van der Waals surface area contributed by atoms with Crippen LogP contribution in [0.1, 0.15) is 30.7 Å². The minimum atomic E-state index is -0.0415. The first kappa shape index (κ1) is 18.7. The summed E-state index contributed by atoms with van der Waals surface area (Å²) < 4.78 is 5.21. The summed E-state index contributed by atoms with van der Waals surface area (Å²) in [6.45, 7) is 3.36. The van der Waals surface area contributed by atoms with Crippen molar-refractivity contribution in [3.63, 3.8) is 0 Å². The number of hydrogen-bond acceptors (Lipinski definition) is 4. The molecule has 1 aliphatic carbocycles. The fourth-order valence-corrected chi connectivity index (χ4v) is 3.52. The van der Waals surface area contributed by atoms with Gasteiger partial charge < -0.3 is 19.9 Å². The highest BCUT2D eigenvalue weighted by atomic mass is 16.5. The highest BCUT2D eigenvalue weighted by molar-refractivity contribution is 5.85. The fourth-order valence-electron chi connectivity index (χ4n) is 3.52. The maximum Gasteiger partial charge on any atom is 0.242 e. The van der Waals surface area contributed by atoms with Gasteiger partial charge in [-0.05, 0) is 49.4 Å². The van der Waals surface area contributed by atoms with Crippen LogP contribution in [0.3, 0.4) is 0 Å². The van der Waals surface area contributed by atoms with E-state index in [-0.39, 0.29) is 24.3 Å². The fraction of sp³-hybridized carbons (Fsp3) is 0.600. The number of piperazine rings is 1.